The Morgan fingerprint density at radius 3 is 2.31 bits per heavy atom. The quantitative estimate of drug-likeness (QED) is 0.277. The summed E-state index contributed by atoms with van der Waals surface area (Å²) in [7, 11) is 0. The first-order valence-electron chi connectivity index (χ1n) is 10.9. The first kappa shape index (κ1) is 25.4. The molecule has 1 atom stereocenters. The van der Waals surface area contributed by atoms with Crippen LogP contribution in [0.4, 0.5) is 16.2 Å². The third-order valence-corrected chi connectivity index (χ3v) is 6.25. The van der Waals surface area contributed by atoms with Crippen LogP contribution in [-0.4, -0.2) is 36.3 Å². The van der Waals surface area contributed by atoms with E-state index in [1.54, 1.807) is 69.3 Å². The molecule has 0 saturated heterocycles. The molecule has 0 radical (unpaired) electrons. The Kier molecular flexibility index (Phi) is 7.43. The normalized spacial score (nSPS) is 12.2. The van der Waals surface area contributed by atoms with Gasteiger partial charge in [-0.2, -0.15) is 0 Å². The molecule has 0 spiro atoms. The van der Waals surface area contributed by atoms with Gasteiger partial charge in [0, 0.05) is 11.1 Å². The van der Waals surface area contributed by atoms with Crippen LogP contribution < -0.4 is 10.6 Å². The van der Waals surface area contributed by atoms with Gasteiger partial charge in [-0.3, -0.25) is 10.1 Å². The number of hydrogen-bond acceptors (Lipinski definition) is 7. The number of carbonyl (C=O) groups excluding carboxylic acids is 2. The van der Waals surface area contributed by atoms with Gasteiger partial charge in [0.05, 0.1) is 27.3 Å². The summed E-state index contributed by atoms with van der Waals surface area (Å²) in [5.74, 6) is -0.260. The summed E-state index contributed by atoms with van der Waals surface area (Å²) in [5, 5.41) is 7.36. The third-order valence-electron chi connectivity index (χ3n) is 4.83. The van der Waals surface area contributed by atoms with E-state index in [0.29, 0.717) is 28.1 Å². The standard InChI is InChI=1S/C25H24N4O5S2/c1-25(2,3)34-24(31)28-18-7-5-4-6-17(18)27-23(30)16-10-8-15(9-11-16)21-22-19(12-13-35-22)26-20(29-21)14-36(32)33/h4-13H,14H2,1-3H3,(H,27,30)(H,28,31)(H,32,33). The van der Waals surface area contributed by atoms with Gasteiger partial charge < -0.3 is 14.6 Å². The molecule has 2 aromatic heterocycles. The summed E-state index contributed by atoms with van der Waals surface area (Å²) in [5.41, 5.74) is 2.66. The van der Waals surface area contributed by atoms with Crippen molar-refractivity contribution in [2.75, 3.05) is 10.6 Å². The van der Waals surface area contributed by atoms with Crippen LogP contribution in [-0.2, 0) is 21.6 Å². The minimum Gasteiger partial charge on any atom is -0.444 e. The molecule has 2 heterocycles. The van der Waals surface area contributed by atoms with Crippen LogP contribution in [0, 0.1) is 0 Å². The molecule has 4 rings (SSSR count). The Bertz CT molecular complexity index is 1450. The lowest BCUT2D eigenvalue weighted by Gasteiger charge is -2.20. The van der Waals surface area contributed by atoms with Crippen molar-refractivity contribution in [3.8, 4) is 11.3 Å². The van der Waals surface area contributed by atoms with E-state index >= 15 is 0 Å². The summed E-state index contributed by atoms with van der Waals surface area (Å²) in [6.45, 7) is 5.30. The van der Waals surface area contributed by atoms with Crippen molar-refractivity contribution in [2.45, 2.75) is 32.1 Å². The van der Waals surface area contributed by atoms with Crippen LogP contribution in [0.2, 0.25) is 0 Å². The van der Waals surface area contributed by atoms with Crippen molar-refractivity contribution < 1.29 is 23.1 Å². The predicted molar refractivity (Wildman–Crippen MR) is 142 cm³/mol. The highest BCUT2D eigenvalue weighted by Gasteiger charge is 2.18. The Labute approximate surface area is 214 Å². The molecule has 2 amide bonds. The van der Waals surface area contributed by atoms with E-state index < -0.39 is 22.8 Å². The van der Waals surface area contributed by atoms with Gasteiger partial charge in [0.2, 0.25) is 0 Å². The smallest absolute Gasteiger partial charge is 0.412 e. The predicted octanol–water partition coefficient (Wildman–Crippen LogP) is 5.68. The molecule has 4 aromatic rings. The maximum absolute atomic E-state index is 12.9. The maximum atomic E-state index is 12.9. The first-order chi connectivity index (χ1) is 17.1. The van der Waals surface area contributed by atoms with Crippen molar-refractivity contribution in [3.05, 3.63) is 71.4 Å². The van der Waals surface area contributed by atoms with Crippen molar-refractivity contribution in [3.63, 3.8) is 0 Å². The molecule has 1 unspecified atom stereocenters. The third kappa shape index (κ3) is 6.30. The molecular formula is C25H24N4O5S2. The second-order valence-electron chi connectivity index (χ2n) is 8.79. The molecule has 0 fully saturated rings. The molecule has 0 aliphatic heterocycles. The molecule has 0 bridgehead atoms. The van der Waals surface area contributed by atoms with Crippen LogP contribution in [0.25, 0.3) is 21.5 Å². The van der Waals surface area contributed by atoms with E-state index in [1.165, 1.54) is 11.3 Å². The number of benzene rings is 2. The summed E-state index contributed by atoms with van der Waals surface area (Å²) < 4.78 is 26.7. The minimum absolute atomic E-state index is 0.171. The van der Waals surface area contributed by atoms with Crippen LogP contribution in [0.15, 0.2) is 60.0 Å². The Morgan fingerprint density at radius 1 is 1.00 bits per heavy atom. The van der Waals surface area contributed by atoms with Crippen molar-refractivity contribution >= 4 is 56.0 Å². The van der Waals surface area contributed by atoms with Gasteiger partial charge in [-0.05, 0) is 56.5 Å². The number of amides is 2. The number of hydrogen-bond donors (Lipinski definition) is 3. The highest BCUT2D eigenvalue weighted by atomic mass is 32.2. The van der Waals surface area contributed by atoms with Gasteiger partial charge >= 0.3 is 6.09 Å². The van der Waals surface area contributed by atoms with Gasteiger partial charge in [0.25, 0.3) is 5.91 Å². The van der Waals surface area contributed by atoms with Crippen LogP contribution in [0.5, 0.6) is 0 Å². The molecule has 3 N–H and O–H groups in total. The van der Waals surface area contributed by atoms with Gasteiger partial charge in [0.15, 0.2) is 11.1 Å². The maximum Gasteiger partial charge on any atom is 0.412 e. The zero-order valence-electron chi connectivity index (χ0n) is 19.8. The fraction of sp³-hybridized carbons (Fsp3) is 0.200. The van der Waals surface area contributed by atoms with Crippen molar-refractivity contribution in [2.24, 2.45) is 0 Å². The summed E-state index contributed by atoms with van der Waals surface area (Å²) >= 11 is -0.590. The fourth-order valence-electron chi connectivity index (χ4n) is 3.37. The Morgan fingerprint density at radius 2 is 1.67 bits per heavy atom. The molecular weight excluding hydrogens is 500 g/mol. The number of anilines is 2. The van der Waals surface area contributed by atoms with Crippen molar-refractivity contribution in [1.82, 2.24) is 9.97 Å². The van der Waals surface area contributed by atoms with E-state index in [0.717, 1.165) is 10.3 Å². The highest BCUT2D eigenvalue weighted by Crippen LogP contribution is 2.31. The number of thiophene rings is 1. The minimum atomic E-state index is -2.06. The number of nitrogens with one attached hydrogen (secondary N) is 2. The number of aromatic nitrogens is 2. The van der Waals surface area contributed by atoms with Crippen LogP contribution >= 0.6 is 11.3 Å². The zero-order chi connectivity index (χ0) is 25.9. The van der Waals surface area contributed by atoms with Gasteiger partial charge in [-0.15, -0.1) is 11.3 Å². The van der Waals surface area contributed by atoms with Crippen LogP contribution in [0.1, 0.15) is 37.0 Å². The molecule has 0 aliphatic rings. The lowest BCUT2D eigenvalue weighted by Crippen LogP contribution is -2.27. The molecule has 0 aliphatic carbocycles. The molecule has 11 heteroatoms. The van der Waals surface area contributed by atoms with Gasteiger partial charge in [-0.1, -0.05) is 24.3 Å². The van der Waals surface area contributed by atoms with E-state index in [2.05, 4.69) is 20.6 Å². The van der Waals surface area contributed by atoms with Crippen molar-refractivity contribution in [1.29, 1.82) is 0 Å². The highest BCUT2D eigenvalue weighted by molar-refractivity contribution is 7.78. The van der Waals surface area contributed by atoms with E-state index in [-0.39, 0.29) is 17.5 Å². The summed E-state index contributed by atoms with van der Waals surface area (Å²) in [6, 6.07) is 15.5. The lowest BCUT2D eigenvalue weighted by atomic mass is 10.1. The average Bonchev–Trinajstić information content (AvgIpc) is 3.27. The number of ether oxygens (including phenoxy) is 1. The van der Waals surface area contributed by atoms with E-state index in [9.17, 15) is 18.4 Å². The molecule has 0 saturated carbocycles. The van der Waals surface area contributed by atoms with Gasteiger partial charge in [-0.25, -0.2) is 19.0 Å². The van der Waals surface area contributed by atoms with E-state index in [1.807, 2.05) is 11.4 Å². The lowest BCUT2D eigenvalue weighted by molar-refractivity contribution is 0.0635. The van der Waals surface area contributed by atoms with E-state index in [4.69, 9.17) is 4.74 Å². The number of rotatable bonds is 6. The number of carbonyl (C=O) groups is 2. The second-order valence-corrected chi connectivity index (χ2v) is 10.6. The Hall–Kier alpha value is -3.67. The largest absolute Gasteiger partial charge is 0.444 e. The first-order valence-corrected chi connectivity index (χ1v) is 13.1. The molecule has 36 heavy (non-hydrogen) atoms. The average molecular weight is 525 g/mol. The van der Waals surface area contributed by atoms with Gasteiger partial charge in [0.1, 0.15) is 17.2 Å². The van der Waals surface area contributed by atoms with Crippen LogP contribution in [0.3, 0.4) is 0 Å². The number of nitrogens with zero attached hydrogens (tertiary/aromatic N) is 2. The summed E-state index contributed by atoms with van der Waals surface area (Å²) in [4.78, 5) is 33.9. The molecule has 2 aromatic carbocycles. The monoisotopic (exact) mass is 524 g/mol. The molecule has 186 valence electrons. The zero-order valence-corrected chi connectivity index (χ0v) is 21.4. The number of fused-ring (bicyclic) bond motifs is 1. The Balaban J connectivity index is 1.54. The topological polar surface area (TPSA) is 131 Å². The summed E-state index contributed by atoms with van der Waals surface area (Å²) in [6.07, 6.45) is -0.623. The SMILES string of the molecule is CC(C)(C)OC(=O)Nc1ccccc1NC(=O)c1ccc(-c2nc(CS(=O)O)nc3ccsc23)cc1. The molecule has 9 nitrogen and oxygen atoms in total. The second kappa shape index (κ2) is 10.5. The fourth-order valence-corrected chi connectivity index (χ4v) is 4.56. The number of para-hydroxylation sites is 2.